The van der Waals surface area contributed by atoms with Gasteiger partial charge in [-0.25, -0.2) is 22.8 Å². The van der Waals surface area contributed by atoms with Crippen molar-refractivity contribution in [2.75, 3.05) is 0 Å². The van der Waals surface area contributed by atoms with Gasteiger partial charge in [-0.15, -0.1) is 0 Å². The summed E-state index contributed by atoms with van der Waals surface area (Å²) in [5.41, 5.74) is 6.81. The summed E-state index contributed by atoms with van der Waals surface area (Å²) in [6.07, 6.45) is -2.47. The second-order valence-electron chi connectivity index (χ2n) is 8.30. The molecule has 0 aliphatic heterocycles. The average Bonchev–Trinajstić information content (AvgIpc) is 3.12. The Morgan fingerprint density at radius 3 is 2.41 bits per heavy atom. The minimum Gasteiger partial charge on any atom is -0.366 e. The molecule has 0 fully saturated rings. The molecule has 1 amide bonds. The largest absolute Gasteiger partial charge is 0.404 e. The number of carbonyl (C=O) groups excluding carboxylic acids is 1. The number of pyridine rings is 1. The first kappa shape index (κ1) is 26.2. The van der Waals surface area contributed by atoms with Crippen molar-refractivity contribution in [2.45, 2.75) is 37.9 Å². The number of amides is 1. The van der Waals surface area contributed by atoms with E-state index in [0.29, 0.717) is 18.1 Å². The normalized spacial score (nSPS) is 13.2. The van der Waals surface area contributed by atoms with Crippen molar-refractivity contribution in [3.05, 3.63) is 65.4 Å². The molecule has 0 bridgehead atoms. The molecule has 0 aliphatic carbocycles. The van der Waals surface area contributed by atoms with Crippen LogP contribution in [0.15, 0.2) is 47.6 Å². The summed E-state index contributed by atoms with van der Waals surface area (Å²) in [6, 6.07) is 4.15. The predicted octanol–water partition coefficient (Wildman–Crippen LogP) is 3.57. The minimum atomic E-state index is -4.79. The van der Waals surface area contributed by atoms with Gasteiger partial charge in [0.2, 0.25) is 16.0 Å². The van der Waals surface area contributed by atoms with Gasteiger partial charge in [0.15, 0.2) is 0 Å². The summed E-state index contributed by atoms with van der Waals surface area (Å²) in [4.78, 5) is 24.8. The first-order valence-electron chi connectivity index (χ1n) is 10.7. The third kappa shape index (κ3) is 4.89. The molecule has 0 radical (unpaired) electrons. The number of carbonyl (C=O) groups is 1. The number of nitrogens with two attached hydrogens (primary N) is 1. The molecule has 4 aromatic rings. The first-order valence-corrected chi connectivity index (χ1v) is 12.2. The van der Waals surface area contributed by atoms with Crippen LogP contribution in [0.25, 0.3) is 28.2 Å². The lowest BCUT2D eigenvalue weighted by Crippen LogP contribution is -2.42. The van der Waals surface area contributed by atoms with Crippen molar-refractivity contribution in [2.24, 2.45) is 5.73 Å². The van der Waals surface area contributed by atoms with Crippen LogP contribution in [-0.2, 0) is 10.0 Å². The molecule has 194 valence electrons. The number of rotatable bonds is 6. The van der Waals surface area contributed by atoms with Crippen molar-refractivity contribution < 1.29 is 30.8 Å². The van der Waals surface area contributed by atoms with Crippen LogP contribution in [0, 0.1) is 19.7 Å². The second kappa shape index (κ2) is 9.19. The number of sulfonamides is 1. The number of hydrogen-bond donors (Lipinski definition) is 2. The Bertz CT molecular complexity index is 1630. The molecule has 1 aromatic carbocycles. The molecular weight excluding hydrogens is 516 g/mol. The maximum absolute atomic E-state index is 14.5. The van der Waals surface area contributed by atoms with E-state index in [0.717, 1.165) is 18.3 Å². The fourth-order valence-corrected chi connectivity index (χ4v) is 4.88. The van der Waals surface area contributed by atoms with E-state index in [-0.39, 0.29) is 33.8 Å². The minimum absolute atomic E-state index is 0.0241. The van der Waals surface area contributed by atoms with E-state index in [9.17, 15) is 30.8 Å². The molecule has 0 saturated carbocycles. The molecule has 4 rings (SSSR count). The summed E-state index contributed by atoms with van der Waals surface area (Å²) in [5.74, 6) is -1.41. The molecule has 0 saturated heterocycles. The maximum atomic E-state index is 14.5. The number of alkyl halides is 3. The lowest BCUT2D eigenvalue weighted by atomic mass is 10.1. The molecule has 0 unspecified atom stereocenters. The van der Waals surface area contributed by atoms with Gasteiger partial charge in [0.1, 0.15) is 16.8 Å². The topological polar surface area (TPSA) is 133 Å². The van der Waals surface area contributed by atoms with E-state index in [4.69, 9.17) is 5.73 Å². The number of benzene rings is 1. The number of aryl methyl sites for hydroxylation is 2. The van der Waals surface area contributed by atoms with Crippen molar-refractivity contribution in [1.29, 1.82) is 0 Å². The van der Waals surface area contributed by atoms with E-state index >= 15 is 0 Å². The second-order valence-corrected chi connectivity index (χ2v) is 10.0. The van der Waals surface area contributed by atoms with E-state index in [1.54, 1.807) is 17.7 Å². The van der Waals surface area contributed by atoms with Crippen LogP contribution < -0.4 is 10.5 Å². The number of nitrogens with zero attached hydrogens (tertiary/aromatic N) is 4. The summed E-state index contributed by atoms with van der Waals surface area (Å²) in [6.45, 7) is 3.91. The van der Waals surface area contributed by atoms with Gasteiger partial charge in [0.05, 0.1) is 22.5 Å². The van der Waals surface area contributed by atoms with Gasteiger partial charge in [-0.3, -0.25) is 14.3 Å². The highest BCUT2D eigenvalue weighted by Gasteiger charge is 2.39. The lowest BCUT2D eigenvalue weighted by Gasteiger charge is -2.17. The Hall–Kier alpha value is -3.91. The van der Waals surface area contributed by atoms with Gasteiger partial charge >= 0.3 is 6.18 Å². The highest BCUT2D eigenvalue weighted by molar-refractivity contribution is 7.89. The van der Waals surface area contributed by atoms with Gasteiger partial charge in [-0.05, 0) is 56.7 Å². The van der Waals surface area contributed by atoms with Gasteiger partial charge < -0.3 is 5.73 Å². The smallest absolute Gasteiger partial charge is 0.366 e. The van der Waals surface area contributed by atoms with Crippen LogP contribution in [0.2, 0.25) is 0 Å². The maximum Gasteiger partial charge on any atom is 0.404 e. The third-order valence-corrected chi connectivity index (χ3v) is 7.11. The zero-order chi connectivity index (χ0) is 27.3. The molecule has 14 heteroatoms. The molecule has 3 aromatic heterocycles. The van der Waals surface area contributed by atoms with Crippen LogP contribution in [0.3, 0.4) is 0 Å². The Balaban J connectivity index is 1.95. The van der Waals surface area contributed by atoms with Crippen molar-refractivity contribution in [3.8, 4) is 17.3 Å². The molecule has 9 nitrogen and oxygen atoms in total. The fraction of sp³-hybridized carbons (Fsp3) is 0.217. The molecular formula is C23H20F4N6O3S. The standard InChI is InChI=1S/C23H20F4N6O3S/c1-11-8-18-15(9-16(11)24)19(21(28)34)20(33(18)22-29-7-6-12(2)31-22)17-5-4-14(10-30-17)37(35,36)32-13(3)23(25,26)27/h4-10,13,32H,1-3H3,(H2,28,34)/t13-/m0/s1. The molecule has 0 aliphatic rings. The SMILES string of the molecule is Cc1ccnc(-n2c(-c3ccc(S(=O)(=O)N[C@@H](C)C(F)(F)F)cn3)c(C(N)=O)c3cc(F)c(C)cc32)n1. The first-order chi connectivity index (χ1) is 17.2. The van der Waals surface area contributed by atoms with Crippen molar-refractivity contribution in [1.82, 2.24) is 24.2 Å². The van der Waals surface area contributed by atoms with Gasteiger partial charge in [0.25, 0.3) is 5.91 Å². The molecule has 3 N–H and O–H groups in total. The molecule has 1 atom stereocenters. The highest BCUT2D eigenvalue weighted by atomic mass is 32.2. The highest BCUT2D eigenvalue weighted by Crippen LogP contribution is 2.36. The van der Waals surface area contributed by atoms with E-state index in [2.05, 4.69) is 15.0 Å². The molecule has 0 spiro atoms. The monoisotopic (exact) mass is 536 g/mol. The van der Waals surface area contributed by atoms with Gasteiger partial charge in [0, 0.05) is 23.5 Å². The summed E-state index contributed by atoms with van der Waals surface area (Å²) < 4.78 is 81.0. The van der Waals surface area contributed by atoms with E-state index in [1.165, 1.54) is 29.8 Å². The van der Waals surface area contributed by atoms with Gasteiger partial charge in [-0.2, -0.15) is 17.9 Å². The third-order valence-electron chi connectivity index (χ3n) is 5.59. The van der Waals surface area contributed by atoms with Crippen molar-refractivity contribution >= 4 is 26.8 Å². The number of fused-ring (bicyclic) bond motifs is 1. The zero-order valence-electron chi connectivity index (χ0n) is 19.6. The molecule has 3 heterocycles. The Morgan fingerprint density at radius 1 is 1.14 bits per heavy atom. The zero-order valence-corrected chi connectivity index (χ0v) is 20.4. The number of aromatic nitrogens is 4. The Kier molecular flexibility index (Phi) is 6.50. The Morgan fingerprint density at radius 2 is 1.84 bits per heavy atom. The predicted molar refractivity (Wildman–Crippen MR) is 126 cm³/mol. The average molecular weight is 537 g/mol. The number of hydrogen-bond acceptors (Lipinski definition) is 6. The summed E-state index contributed by atoms with van der Waals surface area (Å²) in [5, 5.41) is 0.148. The lowest BCUT2D eigenvalue weighted by molar-refractivity contribution is -0.147. The number of nitrogens with one attached hydrogen (secondary N) is 1. The quantitative estimate of drug-likeness (QED) is 0.362. The Labute approximate surface area is 208 Å². The van der Waals surface area contributed by atoms with Crippen LogP contribution >= 0.6 is 0 Å². The van der Waals surface area contributed by atoms with Crippen LogP contribution in [0.4, 0.5) is 17.6 Å². The van der Waals surface area contributed by atoms with Crippen LogP contribution in [-0.4, -0.2) is 46.1 Å². The number of primary amides is 1. The van der Waals surface area contributed by atoms with E-state index < -0.39 is 38.9 Å². The van der Waals surface area contributed by atoms with Crippen molar-refractivity contribution in [3.63, 3.8) is 0 Å². The summed E-state index contributed by atoms with van der Waals surface area (Å²) in [7, 11) is -4.58. The number of halogens is 4. The molecule has 37 heavy (non-hydrogen) atoms. The fourth-order valence-electron chi connectivity index (χ4n) is 3.70. The summed E-state index contributed by atoms with van der Waals surface area (Å²) >= 11 is 0. The van der Waals surface area contributed by atoms with Crippen LogP contribution in [0.1, 0.15) is 28.5 Å². The van der Waals surface area contributed by atoms with Gasteiger partial charge in [-0.1, -0.05) is 0 Å². The van der Waals surface area contributed by atoms with Crippen LogP contribution in [0.5, 0.6) is 0 Å². The van der Waals surface area contributed by atoms with E-state index in [1.807, 2.05) is 0 Å².